The summed E-state index contributed by atoms with van der Waals surface area (Å²) < 4.78 is 0. The molecule has 1 saturated heterocycles. The molecular weight excluding hydrogens is 182 g/mol. The minimum Gasteiger partial charge on any atom is -0.300 e. The van der Waals surface area contributed by atoms with Gasteiger partial charge in [-0.2, -0.15) is 0 Å². The van der Waals surface area contributed by atoms with E-state index in [2.05, 4.69) is 39.5 Å². The normalized spacial score (nSPS) is 24.0. The second-order valence-electron chi connectivity index (χ2n) is 5.69. The summed E-state index contributed by atoms with van der Waals surface area (Å²) in [5, 5.41) is 0. The summed E-state index contributed by atoms with van der Waals surface area (Å²) in [4.78, 5) is 2.72. The van der Waals surface area contributed by atoms with Gasteiger partial charge in [0.2, 0.25) is 0 Å². The van der Waals surface area contributed by atoms with Crippen molar-refractivity contribution in [3.8, 4) is 0 Å². The highest BCUT2D eigenvalue weighted by molar-refractivity contribution is 4.87. The van der Waals surface area contributed by atoms with Crippen LogP contribution in [0, 0.1) is 11.3 Å². The van der Waals surface area contributed by atoms with Crippen molar-refractivity contribution in [1.82, 2.24) is 4.90 Å². The van der Waals surface area contributed by atoms with Crippen LogP contribution in [0.1, 0.15) is 60.3 Å². The molecule has 1 atom stereocenters. The van der Waals surface area contributed by atoms with Gasteiger partial charge in [-0.15, -0.1) is 0 Å². The summed E-state index contributed by atoms with van der Waals surface area (Å²) in [5.41, 5.74) is 0.554. The third-order valence-electron chi connectivity index (χ3n) is 4.84. The molecule has 0 N–H and O–H groups in total. The van der Waals surface area contributed by atoms with E-state index in [1.54, 1.807) is 0 Å². The smallest absolute Gasteiger partial charge is 0.00676 e. The van der Waals surface area contributed by atoms with Crippen molar-refractivity contribution in [2.75, 3.05) is 13.1 Å². The van der Waals surface area contributed by atoms with Crippen LogP contribution in [0.15, 0.2) is 0 Å². The maximum Gasteiger partial charge on any atom is 0.00676 e. The van der Waals surface area contributed by atoms with Gasteiger partial charge in [0, 0.05) is 12.6 Å². The Kier molecular flexibility index (Phi) is 4.64. The third-order valence-corrected chi connectivity index (χ3v) is 4.84. The van der Waals surface area contributed by atoms with Gasteiger partial charge in [-0.1, -0.05) is 27.7 Å². The SMILES string of the molecule is CCC(CC)(CN1CCCC1C)C(C)C. The van der Waals surface area contributed by atoms with E-state index < -0.39 is 0 Å². The van der Waals surface area contributed by atoms with Crippen molar-refractivity contribution in [1.29, 1.82) is 0 Å². The Balaban J connectivity index is 2.65. The molecule has 1 heteroatoms. The van der Waals surface area contributed by atoms with Gasteiger partial charge >= 0.3 is 0 Å². The zero-order valence-electron chi connectivity index (χ0n) is 11.3. The summed E-state index contributed by atoms with van der Waals surface area (Å²) in [6.07, 6.45) is 5.46. The first kappa shape index (κ1) is 13.0. The molecule has 1 nitrogen and oxygen atoms in total. The second-order valence-corrected chi connectivity index (χ2v) is 5.69. The van der Waals surface area contributed by atoms with Gasteiger partial charge in [0.05, 0.1) is 0 Å². The Labute approximate surface area is 96.2 Å². The van der Waals surface area contributed by atoms with Crippen molar-refractivity contribution < 1.29 is 0 Å². The standard InChI is InChI=1S/C14H29N/c1-6-14(7-2,12(3)4)11-15-10-8-9-13(15)5/h12-13H,6-11H2,1-5H3. The lowest BCUT2D eigenvalue weighted by Crippen LogP contribution is -2.41. The molecule has 0 aromatic rings. The minimum atomic E-state index is 0.554. The Morgan fingerprint density at radius 3 is 2.20 bits per heavy atom. The van der Waals surface area contributed by atoms with E-state index in [1.165, 1.54) is 38.8 Å². The lowest BCUT2D eigenvalue weighted by Gasteiger charge is -2.40. The van der Waals surface area contributed by atoms with E-state index in [0.29, 0.717) is 5.41 Å². The molecule has 1 fully saturated rings. The van der Waals surface area contributed by atoms with Crippen LogP contribution >= 0.6 is 0 Å². The lowest BCUT2D eigenvalue weighted by atomic mass is 9.72. The summed E-state index contributed by atoms with van der Waals surface area (Å²) in [6, 6.07) is 0.821. The summed E-state index contributed by atoms with van der Waals surface area (Å²) >= 11 is 0. The average Bonchev–Trinajstić information content (AvgIpc) is 2.60. The molecule has 1 rings (SSSR count). The van der Waals surface area contributed by atoms with E-state index in [0.717, 1.165) is 12.0 Å². The summed E-state index contributed by atoms with van der Waals surface area (Å²) in [7, 11) is 0. The van der Waals surface area contributed by atoms with Crippen LogP contribution in [0.25, 0.3) is 0 Å². The Morgan fingerprint density at radius 1 is 1.27 bits per heavy atom. The van der Waals surface area contributed by atoms with E-state index in [-0.39, 0.29) is 0 Å². The quantitative estimate of drug-likeness (QED) is 0.666. The molecule has 0 bridgehead atoms. The molecule has 15 heavy (non-hydrogen) atoms. The molecule has 1 aliphatic rings. The summed E-state index contributed by atoms with van der Waals surface area (Å²) in [5.74, 6) is 0.806. The van der Waals surface area contributed by atoms with Crippen molar-refractivity contribution in [2.45, 2.75) is 66.3 Å². The fourth-order valence-corrected chi connectivity index (χ4v) is 3.10. The molecule has 1 heterocycles. The number of likely N-dealkylation sites (tertiary alicyclic amines) is 1. The fraction of sp³-hybridized carbons (Fsp3) is 1.00. The van der Waals surface area contributed by atoms with Crippen LogP contribution in [0.3, 0.4) is 0 Å². The first-order chi connectivity index (χ1) is 7.05. The zero-order valence-corrected chi connectivity index (χ0v) is 11.3. The van der Waals surface area contributed by atoms with Gasteiger partial charge in [0.1, 0.15) is 0 Å². The fourth-order valence-electron chi connectivity index (χ4n) is 3.10. The minimum absolute atomic E-state index is 0.554. The van der Waals surface area contributed by atoms with E-state index in [4.69, 9.17) is 0 Å². The number of hydrogen-bond donors (Lipinski definition) is 0. The maximum absolute atomic E-state index is 2.72. The first-order valence-corrected chi connectivity index (χ1v) is 6.79. The molecule has 0 aromatic heterocycles. The van der Waals surface area contributed by atoms with Crippen LogP contribution in [-0.2, 0) is 0 Å². The Bertz CT molecular complexity index is 182. The van der Waals surface area contributed by atoms with Gasteiger partial charge in [-0.3, -0.25) is 0 Å². The van der Waals surface area contributed by atoms with E-state index in [1.807, 2.05) is 0 Å². The molecule has 0 radical (unpaired) electrons. The Hall–Kier alpha value is -0.0400. The van der Waals surface area contributed by atoms with Gasteiger partial charge in [-0.25, -0.2) is 0 Å². The van der Waals surface area contributed by atoms with Gasteiger partial charge in [-0.05, 0) is 50.5 Å². The first-order valence-electron chi connectivity index (χ1n) is 6.79. The van der Waals surface area contributed by atoms with Gasteiger partial charge < -0.3 is 4.90 Å². The van der Waals surface area contributed by atoms with Gasteiger partial charge in [0.25, 0.3) is 0 Å². The molecule has 0 aromatic carbocycles. The molecule has 0 aliphatic carbocycles. The lowest BCUT2D eigenvalue weighted by molar-refractivity contribution is 0.0860. The third kappa shape index (κ3) is 2.75. The molecular formula is C14H29N. The van der Waals surface area contributed by atoms with Crippen LogP contribution in [-0.4, -0.2) is 24.0 Å². The van der Waals surface area contributed by atoms with Crippen LogP contribution in [0.5, 0.6) is 0 Å². The second kappa shape index (κ2) is 5.34. The maximum atomic E-state index is 2.72. The molecule has 1 unspecified atom stereocenters. The van der Waals surface area contributed by atoms with Crippen molar-refractivity contribution in [3.05, 3.63) is 0 Å². The van der Waals surface area contributed by atoms with E-state index in [9.17, 15) is 0 Å². The predicted molar refractivity (Wildman–Crippen MR) is 68.1 cm³/mol. The van der Waals surface area contributed by atoms with Gasteiger partial charge in [0.15, 0.2) is 0 Å². The highest BCUT2D eigenvalue weighted by Crippen LogP contribution is 2.37. The van der Waals surface area contributed by atoms with E-state index >= 15 is 0 Å². The Morgan fingerprint density at radius 2 is 1.87 bits per heavy atom. The zero-order chi connectivity index (χ0) is 11.5. The van der Waals surface area contributed by atoms with Crippen molar-refractivity contribution in [2.24, 2.45) is 11.3 Å². The average molecular weight is 211 g/mol. The molecule has 0 saturated carbocycles. The molecule has 90 valence electrons. The number of rotatable bonds is 5. The number of nitrogens with zero attached hydrogens (tertiary/aromatic N) is 1. The monoisotopic (exact) mass is 211 g/mol. The molecule has 0 spiro atoms. The highest BCUT2D eigenvalue weighted by atomic mass is 15.2. The van der Waals surface area contributed by atoms with Crippen LogP contribution in [0.4, 0.5) is 0 Å². The molecule has 1 aliphatic heterocycles. The largest absolute Gasteiger partial charge is 0.300 e. The predicted octanol–water partition coefficient (Wildman–Crippen LogP) is 3.93. The number of hydrogen-bond acceptors (Lipinski definition) is 1. The molecule has 0 amide bonds. The highest BCUT2D eigenvalue weighted by Gasteiger charge is 2.34. The summed E-state index contributed by atoms with van der Waals surface area (Å²) in [6.45, 7) is 14.6. The van der Waals surface area contributed by atoms with Crippen LogP contribution < -0.4 is 0 Å². The van der Waals surface area contributed by atoms with Crippen molar-refractivity contribution >= 4 is 0 Å². The van der Waals surface area contributed by atoms with Crippen molar-refractivity contribution in [3.63, 3.8) is 0 Å². The van der Waals surface area contributed by atoms with Crippen LogP contribution in [0.2, 0.25) is 0 Å². The topological polar surface area (TPSA) is 3.24 Å².